The van der Waals surface area contributed by atoms with Crippen LogP contribution in [0.2, 0.25) is 0 Å². The molecule has 1 rings (SSSR count). The van der Waals surface area contributed by atoms with Crippen LogP contribution in [0.3, 0.4) is 0 Å². The third kappa shape index (κ3) is 2.57. The van der Waals surface area contributed by atoms with Gasteiger partial charge in [-0.05, 0) is 32.9 Å². The SMILES string of the molecule is CN1CCCC(O)(CC=O)CC1. The van der Waals surface area contributed by atoms with Crippen molar-refractivity contribution < 1.29 is 9.90 Å². The Morgan fingerprint density at radius 2 is 2.25 bits per heavy atom. The maximum Gasteiger partial charge on any atom is 0.122 e. The summed E-state index contributed by atoms with van der Waals surface area (Å²) in [6, 6.07) is 0. The minimum absolute atomic E-state index is 0.292. The predicted molar refractivity (Wildman–Crippen MR) is 47.0 cm³/mol. The molecule has 1 heterocycles. The number of carbonyl (C=O) groups is 1. The van der Waals surface area contributed by atoms with Crippen molar-refractivity contribution in [1.29, 1.82) is 0 Å². The van der Waals surface area contributed by atoms with Crippen molar-refractivity contribution >= 4 is 6.29 Å². The second-order valence-electron chi connectivity index (χ2n) is 3.75. The molecule has 0 saturated carbocycles. The Bertz CT molecular complexity index is 161. The molecule has 1 aliphatic rings. The molecular formula is C9H17NO2. The van der Waals surface area contributed by atoms with Crippen LogP contribution in [0.15, 0.2) is 0 Å². The van der Waals surface area contributed by atoms with Crippen molar-refractivity contribution in [3.8, 4) is 0 Å². The number of rotatable bonds is 2. The Morgan fingerprint density at radius 3 is 2.92 bits per heavy atom. The van der Waals surface area contributed by atoms with Crippen molar-refractivity contribution in [1.82, 2.24) is 4.90 Å². The Labute approximate surface area is 73.4 Å². The minimum Gasteiger partial charge on any atom is -0.389 e. The van der Waals surface area contributed by atoms with Crippen LogP contribution in [-0.4, -0.2) is 42.0 Å². The lowest BCUT2D eigenvalue weighted by Gasteiger charge is -2.23. The third-order valence-corrected chi connectivity index (χ3v) is 2.60. The first kappa shape index (κ1) is 9.68. The van der Waals surface area contributed by atoms with E-state index in [-0.39, 0.29) is 0 Å². The van der Waals surface area contributed by atoms with Crippen LogP contribution in [0, 0.1) is 0 Å². The summed E-state index contributed by atoms with van der Waals surface area (Å²) in [6.45, 7) is 1.92. The van der Waals surface area contributed by atoms with E-state index >= 15 is 0 Å². The van der Waals surface area contributed by atoms with E-state index in [1.165, 1.54) is 0 Å². The zero-order valence-electron chi connectivity index (χ0n) is 7.62. The standard InChI is InChI=1S/C9H17NO2/c1-10-6-2-3-9(12,4-7-10)5-8-11/h8,12H,2-7H2,1H3. The normalized spacial score (nSPS) is 32.8. The molecule has 0 spiro atoms. The maximum absolute atomic E-state index is 10.3. The molecule has 1 saturated heterocycles. The summed E-state index contributed by atoms with van der Waals surface area (Å²) in [4.78, 5) is 12.5. The Morgan fingerprint density at radius 1 is 1.50 bits per heavy atom. The second kappa shape index (κ2) is 4.01. The molecule has 1 aliphatic heterocycles. The van der Waals surface area contributed by atoms with Gasteiger partial charge < -0.3 is 14.8 Å². The Hall–Kier alpha value is -0.410. The van der Waals surface area contributed by atoms with Gasteiger partial charge in [-0.15, -0.1) is 0 Å². The molecule has 0 amide bonds. The lowest BCUT2D eigenvalue weighted by molar-refractivity contribution is -0.112. The molecule has 0 aromatic carbocycles. The molecule has 0 aromatic heterocycles. The molecule has 0 bridgehead atoms. The van der Waals surface area contributed by atoms with E-state index < -0.39 is 5.60 Å². The van der Waals surface area contributed by atoms with E-state index in [2.05, 4.69) is 4.90 Å². The summed E-state index contributed by atoms with van der Waals surface area (Å²) in [5.41, 5.74) is -0.716. The maximum atomic E-state index is 10.3. The summed E-state index contributed by atoms with van der Waals surface area (Å²) in [7, 11) is 2.05. The number of carbonyl (C=O) groups excluding carboxylic acids is 1. The van der Waals surface area contributed by atoms with Gasteiger partial charge in [-0.2, -0.15) is 0 Å². The van der Waals surface area contributed by atoms with E-state index in [0.717, 1.165) is 38.6 Å². The number of aldehydes is 1. The summed E-state index contributed by atoms with van der Waals surface area (Å²) >= 11 is 0. The van der Waals surface area contributed by atoms with Crippen LogP contribution in [0.1, 0.15) is 25.7 Å². The molecule has 1 N–H and O–H groups in total. The quantitative estimate of drug-likeness (QED) is 0.612. The lowest BCUT2D eigenvalue weighted by atomic mass is 9.92. The number of likely N-dealkylation sites (tertiary alicyclic amines) is 1. The van der Waals surface area contributed by atoms with Gasteiger partial charge in [-0.25, -0.2) is 0 Å². The highest BCUT2D eigenvalue weighted by Crippen LogP contribution is 2.23. The van der Waals surface area contributed by atoms with E-state index in [9.17, 15) is 9.90 Å². The molecular weight excluding hydrogens is 154 g/mol. The highest BCUT2D eigenvalue weighted by atomic mass is 16.3. The van der Waals surface area contributed by atoms with E-state index in [0.29, 0.717) is 6.42 Å². The summed E-state index contributed by atoms with van der Waals surface area (Å²) < 4.78 is 0. The molecule has 70 valence electrons. The average Bonchev–Trinajstić information content (AvgIpc) is 2.15. The minimum atomic E-state index is -0.716. The summed E-state index contributed by atoms with van der Waals surface area (Å²) in [6.07, 6.45) is 3.59. The number of hydrogen-bond donors (Lipinski definition) is 1. The fraction of sp³-hybridized carbons (Fsp3) is 0.889. The van der Waals surface area contributed by atoms with E-state index in [1.54, 1.807) is 0 Å². The summed E-state index contributed by atoms with van der Waals surface area (Å²) in [5, 5.41) is 9.91. The van der Waals surface area contributed by atoms with Crippen LogP contribution in [-0.2, 0) is 4.79 Å². The van der Waals surface area contributed by atoms with Crippen molar-refractivity contribution in [3.05, 3.63) is 0 Å². The van der Waals surface area contributed by atoms with Crippen LogP contribution >= 0.6 is 0 Å². The molecule has 0 radical (unpaired) electrons. The van der Waals surface area contributed by atoms with Gasteiger partial charge in [0.05, 0.1) is 5.60 Å². The van der Waals surface area contributed by atoms with Crippen molar-refractivity contribution in [2.45, 2.75) is 31.3 Å². The highest BCUT2D eigenvalue weighted by molar-refractivity contribution is 5.51. The fourth-order valence-corrected chi connectivity index (χ4v) is 1.67. The molecule has 1 unspecified atom stereocenters. The van der Waals surface area contributed by atoms with Crippen LogP contribution in [0.4, 0.5) is 0 Å². The van der Waals surface area contributed by atoms with Crippen molar-refractivity contribution in [2.24, 2.45) is 0 Å². The molecule has 12 heavy (non-hydrogen) atoms. The average molecular weight is 171 g/mol. The first-order chi connectivity index (χ1) is 5.66. The van der Waals surface area contributed by atoms with Crippen LogP contribution in [0.25, 0.3) is 0 Å². The number of nitrogens with zero attached hydrogens (tertiary/aromatic N) is 1. The topological polar surface area (TPSA) is 40.5 Å². The number of hydrogen-bond acceptors (Lipinski definition) is 3. The molecule has 1 atom stereocenters. The monoisotopic (exact) mass is 171 g/mol. The molecule has 3 nitrogen and oxygen atoms in total. The summed E-state index contributed by atoms with van der Waals surface area (Å²) in [5.74, 6) is 0. The fourth-order valence-electron chi connectivity index (χ4n) is 1.67. The molecule has 0 aromatic rings. The zero-order valence-corrected chi connectivity index (χ0v) is 7.62. The molecule has 3 heteroatoms. The van der Waals surface area contributed by atoms with Crippen LogP contribution < -0.4 is 0 Å². The Balaban J connectivity index is 2.48. The van der Waals surface area contributed by atoms with Gasteiger partial charge in [0, 0.05) is 13.0 Å². The van der Waals surface area contributed by atoms with Crippen LogP contribution in [0.5, 0.6) is 0 Å². The highest BCUT2D eigenvalue weighted by Gasteiger charge is 2.28. The Kier molecular flexibility index (Phi) is 3.23. The van der Waals surface area contributed by atoms with Gasteiger partial charge >= 0.3 is 0 Å². The van der Waals surface area contributed by atoms with Gasteiger partial charge in [0.25, 0.3) is 0 Å². The van der Waals surface area contributed by atoms with E-state index in [1.807, 2.05) is 7.05 Å². The van der Waals surface area contributed by atoms with Crippen molar-refractivity contribution in [2.75, 3.05) is 20.1 Å². The zero-order chi connectivity index (χ0) is 9.03. The number of aliphatic hydroxyl groups is 1. The molecule has 0 aliphatic carbocycles. The third-order valence-electron chi connectivity index (χ3n) is 2.60. The largest absolute Gasteiger partial charge is 0.389 e. The smallest absolute Gasteiger partial charge is 0.122 e. The lowest BCUT2D eigenvalue weighted by Crippen LogP contribution is -2.30. The van der Waals surface area contributed by atoms with Gasteiger partial charge in [-0.3, -0.25) is 0 Å². The van der Waals surface area contributed by atoms with Gasteiger partial charge in [0.2, 0.25) is 0 Å². The van der Waals surface area contributed by atoms with Gasteiger partial charge in [-0.1, -0.05) is 0 Å². The first-order valence-electron chi connectivity index (χ1n) is 4.51. The van der Waals surface area contributed by atoms with E-state index in [4.69, 9.17) is 0 Å². The van der Waals surface area contributed by atoms with Gasteiger partial charge in [0.1, 0.15) is 6.29 Å². The second-order valence-corrected chi connectivity index (χ2v) is 3.75. The molecule has 1 fully saturated rings. The van der Waals surface area contributed by atoms with Gasteiger partial charge in [0.15, 0.2) is 0 Å². The van der Waals surface area contributed by atoms with Crippen molar-refractivity contribution in [3.63, 3.8) is 0 Å². The first-order valence-corrected chi connectivity index (χ1v) is 4.51. The predicted octanol–water partition coefficient (Wildman–Crippen LogP) is 0.422.